The summed E-state index contributed by atoms with van der Waals surface area (Å²) in [6, 6.07) is 0. The summed E-state index contributed by atoms with van der Waals surface area (Å²) in [6.07, 6.45) is 4.64. The van der Waals surface area contributed by atoms with Gasteiger partial charge in [0.05, 0.1) is 6.20 Å². The van der Waals surface area contributed by atoms with Crippen molar-refractivity contribution in [2.24, 2.45) is 5.92 Å². The largest absolute Gasteiger partial charge is 0.316 e. The van der Waals surface area contributed by atoms with Gasteiger partial charge < -0.3 is 4.57 Å². The van der Waals surface area contributed by atoms with Crippen LogP contribution in [0.5, 0.6) is 0 Å². The van der Waals surface area contributed by atoms with Crippen molar-refractivity contribution in [2.45, 2.75) is 25.0 Å². The summed E-state index contributed by atoms with van der Waals surface area (Å²) in [4.78, 5) is 12.7. The van der Waals surface area contributed by atoms with Gasteiger partial charge >= 0.3 is 0 Å². The zero-order chi connectivity index (χ0) is 10.3. The van der Waals surface area contributed by atoms with E-state index in [2.05, 4.69) is 26.4 Å². The molecule has 0 radical (unpaired) electrons. The SMILES string of the molecule is CCC1CSc2nc3ncncc3n2C1. The van der Waals surface area contributed by atoms with E-state index >= 15 is 0 Å². The van der Waals surface area contributed by atoms with Crippen LogP contribution in [0.15, 0.2) is 17.7 Å². The van der Waals surface area contributed by atoms with Crippen LogP contribution in [0.4, 0.5) is 0 Å². The molecule has 0 spiro atoms. The topological polar surface area (TPSA) is 43.6 Å². The van der Waals surface area contributed by atoms with E-state index in [1.165, 1.54) is 12.2 Å². The maximum absolute atomic E-state index is 4.50. The van der Waals surface area contributed by atoms with Gasteiger partial charge in [-0.05, 0) is 5.92 Å². The molecule has 3 heterocycles. The number of aromatic nitrogens is 4. The van der Waals surface area contributed by atoms with Gasteiger partial charge in [-0.2, -0.15) is 0 Å². The maximum Gasteiger partial charge on any atom is 0.181 e. The summed E-state index contributed by atoms with van der Waals surface area (Å²) < 4.78 is 2.25. The van der Waals surface area contributed by atoms with Crippen LogP contribution >= 0.6 is 11.8 Å². The lowest BCUT2D eigenvalue weighted by Gasteiger charge is -2.21. The third kappa shape index (κ3) is 1.42. The molecule has 0 aliphatic carbocycles. The smallest absolute Gasteiger partial charge is 0.181 e. The summed E-state index contributed by atoms with van der Waals surface area (Å²) in [5, 5.41) is 1.09. The van der Waals surface area contributed by atoms with Gasteiger partial charge in [-0.3, -0.25) is 0 Å². The van der Waals surface area contributed by atoms with Gasteiger partial charge in [0.25, 0.3) is 0 Å². The molecule has 0 saturated carbocycles. The Bertz CT molecular complexity index is 493. The number of imidazole rings is 1. The summed E-state index contributed by atoms with van der Waals surface area (Å²) in [5.74, 6) is 1.92. The van der Waals surface area contributed by atoms with Crippen molar-refractivity contribution in [1.29, 1.82) is 0 Å². The molecule has 0 aromatic carbocycles. The van der Waals surface area contributed by atoms with Crippen molar-refractivity contribution in [2.75, 3.05) is 5.75 Å². The van der Waals surface area contributed by atoms with Crippen molar-refractivity contribution < 1.29 is 0 Å². The summed E-state index contributed by atoms with van der Waals surface area (Å²) in [6.45, 7) is 3.30. The van der Waals surface area contributed by atoms with E-state index in [0.717, 1.165) is 28.8 Å². The monoisotopic (exact) mass is 220 g/mol. The third-order valence-corrected chi connectivity index (χ3v) is 4.07. The molecule has 0 amide bonds. The average Bonchev–Trinajstić information content (AvgIpc) is 2.66. The molecule has 5 heteroatoms. The van der Waals surface area contributed by atoms with Gasteiger partial charge in [0.2, 0.25) is 0 Å². The molecule has 1 atom stereocenters. The molecule has 0 bridgehead atoms. The fraction of sp³-hybridized carbons (Fsp3) is 0.500. The number of rotatable bonds is 1. The predicted molar refractivity (Wildman–Crippen MR) is 59.8 cm³/mol. The highest BCUT2D eigenvalue weighted by atomic mass is 32.2. The Labute approximate surface area is 92.1 Å². The maximum atomic E-state index is 4.50. The van der Waals surface area contributed by atoms with Crippen LogP contribution in [0.3, 0.4) is 0 Å². The van der Waals surface area contributed by atoms with Gasteiger partial charge in [0.15, 0.2) is 10.8 Å². The summed E-state index contributed by atoms with van der Waals surface area (Å²) >= 11 is 1.83. The van der Waals surface area contributed by atoms with Crippen LogP contribution in [-0.2, 0) is 6.54 Å². The van der Waals surface area contributed by atoms with Crippen LogP contribution in [-0.4, -0.2) is 25.3 Å². The van der Waals surface area contributed by atoms with Crippen molar-refractivity contribution in [3.63, 3.8) is 0 Å². The second-order valence-corrected chi connectivity index (χ2v) is 4.81. The van der Waals surface area contributed by atoms with E-state index in [-0.39, 0.29) is 0 Å². The number of fused-ring (bicyclic) bond motifs is 3. The highest BCUT2D eigenvalue weighted by molar-refractivity contribution is 7.99. The van der Waals surface area contributed by atoms with Crippen molar-refractivity contribution in [3.8, 4) is 0 Å². The number of thioether (sulfide) groups is 1. The second-order valence-electron chi connectivity index (χ2n) is 3.82. The first-order chi connectivity index (χ1) is 7.38. The van der Waals surface area contributed by atoms with E-state index in [0.29, 0.717) is 0 Å². The van der Waals surface area contributed by atoms with Crippen LogP contribution in [0.2, 0.25) is 0 Å². The molecule has 1 unspecified atom stereocenters. The van der Waals surface area contributed by atoms with Gasteiger partial charge in [0, 0.05) is 12.3 Å². The minimum Gasteiger partial charge on any atom is -0.316 e. The zero-order valence-electron chi connectivity index (χ0n) is 8.55. The molecule has 2 aromatic rings. The molecule has 15 heavy (non-hydrogen) atoms. The van der Waals surface area contributed by atoms with E-state index in [1.54, 1.807) is 6.33 Å². The Balaban J connectivity index is 2.14. The van der Waals surface area contributed by atoms with E-state index in [1.807, 2.05) is 18.0 Å². The Morgan fingerprint density at radius 3 is 3.40 bits per heavy atom. The normalized spacial score (nSPS) is 20.5. The molecule has 2 aromatic heterocycles. The van der Waals surface area contributed by atoms with Crippen molar-refractivity contribution in [3.05, 3.63) is 12.5 Å². The number of nitrogens with zero attached hydrogens (tertiary/aromatic N) is 4. The number of hydrogen-bond acceptors (Lipinski definition) is 4. The first-order valence-electron chi connectivity index (χ1n) is 5.17. The van der Waals surface area contributed by atoms with Gasteiger partial charge in [-0.1, -0.05) is 25.1 Å². The lowest BCUT2D eigenvalue weighted by atomic mass is 10.1. The first-order valence-corrected chi connectivity index (χ1v) is 6.16. The fourth-order valence-corrected chi connectivity index (χ4v) is 3.09. The van der Waals surface area contributed by atoms with Crippen molar-refractivity contribution >= 4 is 22.9 Å². The highest BCUT2D eigenvalue weighted by Crippen LogP contribution is 2.31. The zero-order valence-corrected chi connectivity index (χ0v) is 9.37. The van der Waals surface area contributed by atoms with Gasteiger partial charge in [-0.25, -0.2) is 15.0 Å². The van der Waals surface area contributed by atoms with Crippen LogP contribution in [0.25, 0.3) is 11.2 Å². The number of hydrogen-bond donors (Lipinski definition) is 0. The van der Waals surface area contributed by atoms with Crippen molar-refractivity contribution in [1.82, 2.24) is 19.5 Å². The van der Waals surface area contributed by atoms with Crippen LogP contribution in [0.1, 0.15) is 13.3 Å². The molecule has 1 aliphatic rings. The Morgan fingerprint density at radius 1 is 1.60 bits per heavy atom. The average molecular weight is 220 g/mol. The van der Waals surface area contributed by atoms with E-state index in [9.17, 15) is 0 Å². The Morgan fingerprint density at radius 2 is 2.53 bits per heavy atom. The van der Waals surface area contributed by atoms with Gasteiger partial charge in [0.1, 0.15) is 11.8 Å². The van der Waals surface area contributed by atoms with Crippen LogP contribution < -0.4 is 0 Å². The molecular formula is C10H12N4S. The van der Waals surface area contributed by atoms with E-state index < -0.39 is 0 Å². The Hall–Kier alpha value is -1.10. The minimum atomic E-state index is 0.750. The molecular weight excluding hydrogens is 208 g/mol. The predicted octanol–water partition coefficient (Wildman–Crippen LogP) is 1.96. The molecule has 1 aliphatic heterocycles. The third-order valence-electron chi connectivity index (χ3n) is 2.86. The quantitative estimate of drug-likeness (QED) is 0.737. The van der Waals surface area contributed by atoms with Gasteiger partial charge in [-0.15, -0.1) is 0 Å². The standard InChI is InChI=1S/C10H12N4S/c1-2-7-4-14-8-3-11-6-12-9(8)13-10(14)15-5-7/h3,6-7H,2,4-5H2,1H3. The molecule has 78 valence electrons. The fourth-order valence-electron chi connectivity index (χ4n) is 1.88. The molecule has 3 rings (SSSR count). The highest BCUT2D eigenvalue weighted by Gasteiger charge is 2.21. The molecule has 0 saturated heterocycles. The molecule has 4 nitrogen and oxygen atoms in total. The summed E-state index contributed by atoms with van der Waals surface area (Å²) in [7, 11) is 0. The minimum absolute atomic E-state index is 0.750. The lowest BCUT2D eigenvalue weighted by molar-refractivity contribution is 0.448. The lowest BCUT2D eigenvalue weighted by Crippen LogP contribution is -2.18. The molecule has 0 fully saturated rings. The first kappa shape index (κ1) is 9.15. The van der Waals surface area contributed by atoms with E-state index in [4.69, 9.17) is 0 Å². The van der Waals surface area contributed by atoms with Crippen LogP contribution in [0, 0.1) is 5.92 Å². The molecule has 0 N–H and O–H groups in total. The second kappa shape index (κ2) is 3.48. The summed E-state index contributed by atoms with van der Waals surface area (Å²) in [5.41, 5.74) is 1.89. The Kier molecular flexibility index (Phi) is 2.12.